The lowest BCUT2D eigenvalue weighted by molar-refractivity contribution is -0.137. The molecule has 0 spiro atoms. The number of rotatable bonds is 7. The summed E-state index contributed by atoms with van der Waals surface area (Å²) in [5.74, 6) is 0.0225. The molecule has 3 aliphatic rings. The van der Waals surface area contributed by atoms with Crippen molar-refractivity contribution in [1.82, 2.24) is 14.7 Å². The van der Waals surface area contributed by atoms with E-state index in [4.69, 9.17) is 0 Å². The number of nitrogens with one attached hydrogen (secondary N) is 1. The number of halogens is 1. The molecule has 1 N–H and O–H groups in total. The quantitative estimate of drug-likeness (QED) is 0.523. The summed E-state index contributed by atoms with van der Waals surface area (Å²) in [6.07, 6.45) is 2.40. The average molecular weight is 539 g/mol. The van der Waals surface area contributed by atoms with Crippen molar-refractivity contribution in [1.29, 1.82) is 0 Å². The van der Waals surface area contributed by atoms with Crippen molar-refractivity contribution in [2.45, 2.75) is 62.7 Å². The lowest BCUT2D eigenvalue weighted by Crippen LogP contribution is -2.51. The maximum Gasteiger partial charge on any atom is 0.322 e. The van der Waals surface area contributed by atoms with Crippen LogP contribution in [-0.4, -0.2) is 63.5 Å². The third-order valence-corrected chi connectivity index (χ3v) is 9.18. The van der Waals surface area contributed by atoms with Crippen LogP contribution in [0.4, 0.5) is 14.9 Å². The summed E-state index contributed by atoms with van der Waals surface area (Å²) in [7, 11) is 0. The third kappa shape index (κ3) is 5.67. The molecule has 2 atom stereocenters. The first-order valence-corrected chi connectivity index (χ1v) is 14.4. The van der Waals surface area contributed by atoms with Gasteiger partial charge in [-0.05, 0) is 54.5 Å². The maximum absolute atomic E-state index is 14.0. The zero-order valence-electron chi connectivity index (χ0n) is 21.9. The van der Waals surface area contributed by atoms with Crippen LogP contribution in [0.15, 0.2) is 48.5 Å². The first-order chi connectivity index (χ1) is 18.3. The summed E-state index contributed by atoms with van der Waals surface area (Å²) >= 11 is 1.45. The van der Waals surface area contributed by atoms with E-state index in [1.165, 1.54) is 23.9 Å². The lowest BCUT2D eigenvalue weighted by atomic mass is 10.0. The van der Waals surface area contributed by atoms with Gasteiger partial charge in [-0.25, -0.2) is 9.18 Å². The van der Waals surface area contributed by atoms with Crippen LogP contribution >= 0.6 is 11.8 Å². The predicted molar refractivity (Wildman–Crippen MR) is 147 cm³/mol. The Morgan fingerprint density at radius 3 is 2.61 bits per heavy atom. The van der Waals surface area contributed by atoms with Gasteiger partial charge in [0.25, 0.3) is 0 Å². The van der Waals surface area contributed by atoms with E-state index < -0.39 is 5.25 Å². The molecule has 2 aromatic carbocycles. The van der Waals surface area contributed by atoms with Crippen molar-refractivity contribution in [3.05, 3.63) is 65.5 Å². The van der Waals surface area contributed by atoms with Crippen LogP contribution in [0.5, 0.6) is 0 Å². The fourth-order valence-corrected chi connectivity index (χ4v) is 6.96. The molecule has 5 rings (SSSR count). The average Bonchev–Trinajstić information content (AvgIpc) is 3.21. The lowest BCUT2D eigenvalue weighted by Gasteiger charge is -2.40. The molecule has 3 aliphatic heterocycles. The number of carbonyl (C=O) groups excluding carboxylic acids is 3. The van der Waals surface area contributed by atoms with E-state index in [-0.39, 0.29) is 41.5 Å². The number of amides is 4. The van der Waals surface area contributed by atoms with Gasteiger partial charge in [-0.2, -0.15) is 0 Å². The van der Waals surface area contributed by atoms with Gasteiger partial charge in [0.1, 0.15) is 11.2 Å². The van der Waals surface area contributed by atoms with E-state index in [0.29, 0.717) is 44.9 Å². The molecule has 0 radical (unpaired) electrons. The number of hydrogen-bond donors (Lipinski definition) is 1. The highest BCUT2D eigenvalue weighted by Crippen LogP contribution is 2.45. The molecule has 2 saturated heterocycles. The SMILES string of the molecule is CC(C)CCN1C(=O)C(CC(=O)N2CCC(N3Cc4ccccc4NC3=O)CC2)SC1c1cccc(F)c1. The summed E-state index contributed by atoms with van der Waals surface area (Å²) in [6, 6.07) is 14.2. The number of benzene rings is 2. The molecule has 0 saturated carbocycles. The number of hydrogen-bond acceptors (Lipinski definition) is 4. The number of nitrogens with zero attached hydrogens (tertiary/aromatic N) is 3. The molecule has 7 nitrogen and oxygen atoms in total. The highest BCUT2D eigenvalue weighted by atomic mass is 32.2. The Bertz CT molecular complexity index is 1200. The van der Waals surface area contributed by atoms with Crippen LogP contribution in [0.3, 0.4) is 0 Å². The topological polar surface area (TPSA) is 73.0 Å². The molecule has 202 valence electrons. The molecule has 3 heterocycles. The summed E-state index contributed by atoms with van der Waals surface area (Å²) in [5.41, 5.74) is 2.71. The van der Waals surface area contributed by atoms with E-state index in [2.05, 4.69) is 19.2 Å². The molecule has 38 heavy (non-hydrogen) atoms. The Hall–Kier alpha value is -3.07. The van der Waals surface area contributed by atoms with Gasteiger partial charge in [-0.1, -0.05) is 44.2 Å². The molecule has 0 aromatic heterocycles. The standard InChI is InChI=1S/C29H35FN4O3S/c1-19(2)10-15-33-27(36)25(38-28(33)20-7-5-8-22(30)16-20)17-26(35)32-13-11-23(12-14-32)34-18-21-6-3-4-9-24(21)31-29(34)37/h3-9,16,19,23,25,28H,10-15,17-18H2,1-2H3,(H,31,37). The predicted octanol–water partition coefficient (Wildman–Crippen LogP) is 5.24. The minimum absolute atomic E-state index is 0.0357. The third-order valence-electron chi connectivity index (χ3n) is 7.69. The molecular weight excluding hydrogens is 503 g/mol. The summed E-state index contributed by atoms with van der Waals surface area (Å²) in [5, 5.41) is 2.20. The second kappa shape index (κ2) is 11.4. The van der Waals surface area contributed by atoms with Gasteiger partial charge in [-0.3, -0.25) is 9.59 Å². The number of carbonyl (C=O) groups is 3. The molecule has 0 aliphatic carbocycles. The zero-order chi connectivity index (χ0) is 26.8. The monoisotopic (exact) mass is 538 g/mol. The molecule has 2 unspecified atom stereocenters. The number of piperidine rings is 1. The molecule has 4 amide bonds. The fraction of sp³-hybridized carbons (Fsp3) is 0.483. The van der Waals surface area contributed by atoms with Gasteiger partial charge in [0.05, 0.1) is 5.25 Å². The van der Waals surface area contributed by atoms with E-state index in [1.54, 1.807) is 6.07 Å². The highest BCUT2D eigenvalue weighted by molar-refractivity contribution is 8.01. The summed E-state index contributed by atoms with van der Waals surface area (Å²) in [4.78, 5) is 44.9. The number of anilines is 1. The Morgan fingerprint density at radius 1 is 1.11 bits per heavy atom. The first kappa shape index (κ1) is 26.5. The fourth-order valence-electron chi connectivity index (χ4n) is 5.50. The van der Waals surface area contributed by atoms with E-state index in [9.17, 15) is 18.8 Å². The minimum Gasteiger partial charge on any atom is -0.342 e. The van der Waals surface area contributed by atoms with Crippen LogP contribution in [0, 0.1) is 11.7 Å². The van der Waals surface area contributed by atoms with Crippen molar-refractivity contribution in [3.63, 3.8) is 0 Å². The Balaban J connectivity index is 1.20. The molecule has 2 aromatic rings. The molecule has 9 heteroatoms. The van der Waals surface area contributed by atoms with Gasteiger partial charge in [-0.15, -0.1) is 11.8 Å². The second-order valence-electron chi connectivity index (χ2n) is 10.8. The van der Waals surface area contributed by atoms with Crippen LogP contribution in [0.2, 0.25) is 0 Å². The summed E-state index contributed by atoms with van der Waals surface area (Å²) < 4.78 is 14.0. The minimum atomic E-state index is -0.481. The highest BCUT2D eigenvalue weighted by Gasteiger charge is 2.43. The van der Waals surface area contributed by atoms with E-state index >= 15 is 0 Å². The summed E-state index contributed by atoms with van der Waals surface area (Å²) in [6.45, 7) is 6.50. The number of fused-ring (bicyclic) bond motifs is 1. The van der Waals surface area contributed by atoms with Gasteiger partial charge in [0.15, 0.2) is 0 Å². The van der Waals surface area contributed by atoms with Gasteiger partial charge in [0, 0.05) is 44.3 Å². The first-order valence-electron chi connectivity index (χ1n) is 13.4. The van der Waals surface area contributed by atoms with Gasteiger partial charge >= 0.3 is 6.03 Å². The van der Waals surface area contributed by atoms with Gasteiger partial charge < -0.3 is 20.0 Å². The van der Waals surface area contributed by atoms with Crippen molar-refractivity contribution < 1.29 is 18.8 Å². The van der Waals surface area contributed by atoms with Gasteiger partial charge in [0.2, 0.25) is 11.8 Å². The molecule has 0 bridgehead atoms. The smallest absolute Gasteiger partial charge is 0.322 e. The Kier molecular flexibility index (Phi) is 7.93. The van der Waals surface area contributed by atoms with Crippen LogP contribution in [0.1, 0.15) is 56.0 Å². The second-order valence-corrected chi connectivity index (χ2v) is 12.1. The van der Waals surface area contributed by atoms with E-state index in [1.807, 2.05) is 45.0 Å². The van der Waals surface area contributed by atoms with E-state index in [0.717, 1.165) is 23.2 Å². The Labute approximate surface area is 227 Å². The van der Waals surface area contributed by atoms with Crippen molar-refractivity contribution >= 4 is 35.3 Å². The maximum atomic E-state index is 14.0. The van der Waals surface area contributed by atoms with Crippen LogP contribution in [0.25, 0.3) is 0 Å². The van der Waals surface area contributed by atoms with Crippen molar-refractivity contribution in [2.24, 2.45) is 5.92 Å². The largest absolute Gasteiger partial charge is 0.342 e. The number of para-hydroxylation sites is 1. The normalized spacial score (nSPS) is 22.2. The molecule has 2 fully saturated rings. The van der Waals surface area contributed by atoms with Crippen LogP contribution < -0.4 is 5.32 Å². The number of likely N-dealkylation sites (tertiary alicyclic amines) is 1. The van der Waals surface area contributed by atoms with Crippen LogP contribution in [-0.2, 0) is 16.1 Å². The van der Waals surface area contributed by atoms with Crippen molar-refractivity contribution in [3.8, 4) is 0 Å². The molecular formula is C29H35FN4O3S. The Morgan fingerprint density at radius 2 is 1.87 bits per heavy atom. The number of thioether (sulfide) groups is 1. The van der Waals surface area contributed by atoms with Crippen molar-refractivity contribution in [2.75, 3.05) is 25.0 Å². The number of urea groups is 1. The zero-order valence-corrected chi connectivity index (χ0v) is 22.8.